The SMILES string of the molecule is CCOC(=O)C(CC(F)F)c1csc(C)n1. The van der Waals surface area contributed by atoms with Gasteiger partial charge in [-0.3, -0.25) is 4.79 Å². The second kappa shape index (κ2) is 5.89. The van der Waals surface area contributed by atoms with Crippen molar-refractivity contribution >= 4 is 17.3 Å². The number of ether oxygens (including phenoxy) is 1. The lowest BCUT2D eigenvalue weighted by Crippen LogP contribution is -2.19. The van der Waals surface area contributed by atoms with Crippen molar-refractivity contribution in [1.82, 2.24) is 4.98 Å². The number of aromatic nitrogens is 1. The Hall–Kier alpha value is -1.04. The Morgan fingerprint density at radius 1 is 1.62 bits per heavy atom. The Bertz CT molecular complexity index is 354. The van der Waals surface area contributed by atoms with Gasteiger partial charge < -0.3 is 4.74 Å². The number of hydrogen-bond acceptors (Lipinski definition) is 4. The normalized spacial score (nSPS) is 12.8. The number of carbonyl (C=O) groups excluding carboxylic acids is 1. The quantitative estimate of drug-likeness (QED) is 0.753. The van der Waals surface area contributed by atoms with Crippen LogP contribution in [0.1, 0.15) is 30.0 Å². The van der Waals surface area contributed by atoms with Gasteiger partial charge in [0.15, 0.2) is 0 Å². The Kier molecular flexibility index (Phi) is 4.79. The van der Waals surface area contributed by atoms with Gasteiger partial charge in [0, 0.05) is 11.8 Å². The summed E-state index contributed by atoms with van der Waals surface area (Å²) in [6.45, 7) is 3.59. The van der Waals surface area contributed by atoms with E-state index in [4.69, 9.17) is 4.74 Å². The van der Waals surface area contributed by atoms with Crippen LogP contribution in [0.4, 0.5) is 8.78 Å². The van der Waals surface area contributed by atoms with Crippen LogP contribution in [0.15, 0.2) is 5.38 Å². The van der Waals surface area contributed by atoms with E-state index in [1.807, 2.05) is 0 Å². The summed E-state index contributed by atoms with van der Waals surface area (Å²) in [4.78, 5) is 15.5. The number of alkyl halides is 2. The molecule has 0 spiro atoms. The third-order valence-corrected chi connectivity index (χ3v) is 2.77. The zero-order valence-corrected chi connectivity index (χ0v) is 9.89. The third kappa shape index (κ3) is 3.52. The molecule has 1 aromatic heterocycles. The van der Waals surface area contributed by atoms with E-state index in [-0.39, 0.29) is 6.61 Å². The van der Waals surface area contributed by atoms with E-state index in [0.717, 1.165) is 5.01 Å². The van der Waals surface area contributed by atoms with Gasteiger partial charge >= 0.3 is 5.97 Å². The zero-order chi connectivity index (χ0) is 12.1. The van der Waals surface area contributed by atoms with E-state index < -0.39 is 24.7 Å². The van der Waals surface area contributed by atoms with Gasteiger partial charge in [0.25, 0.3) is 0 Å². The average molecular weight is 249 g/mol. The lowest BCUT2D eigenvalue weighted by Gasteiger charge is -2.12. The first-order chi connectivity index (χ1) is 7.54. The number of thiazole rings is 1. The summed E-state index contributed by atoms with van der Waals surface area (Å²) >= 11 is 1.33. The van der Waals surface area contributed by atoms with Gasteiger partial charge in [0.1, 0.15) is 5.92 Å². The van der Waals surface area contributed by atoms with Crippen molar-refractivity contribution in [2.45, 2.75) is 32.6 Å². The smallest absolute Gasteiger partial charge is 0.315 e. The number of halogens is 2. The van der Waals surface area contributed by atoms with Crippen LogP contribution in [0.5, 0.6) is 0 Å². The third-order valence-electron chi connectivity index (χ3n) is 1.98. The molecule has 1 unspecified atom stereocenters. The van der Waals surface area contributed by atoms with Crippen molar-refractivity contribution in [2.75, 3.05) is 6.61 Å². The summed E-state index contributed by atoms with van der Waals surface area (Å²) in [5.74, 6) is -1.59. The second-order valence-corrected chi connectivity index (χ2v) is 4.29. The molecule has 0 N–H and O–H groups in total. The first kappa shape index (κ1) is 13.0. The molecular formula is C10H13F2NO2S. The Labute approximate surface area is 96.5 Å². The number of nitrogens with zero attached hydrogens (tertiary/aromatic N) is 1. The summed E-state index contributed by atoms with van der Waals surface area (Å²) in [5.41, 5.74) is 0.376. The average Bonchev–Trinajstić information content (AvgIpc) is 2.61. The lowest BCUT2D eigenvalue weighted by molar-refractivity contribution is -0.146. The predicted octanol–water partition coefficient (Wildman–Crippen LogP) is 2.75. The van der Waals surface area contributed by atoms with Crippen molar-refractivity contribution in [1.29, 1.82) is 0 Å². The van der Waals surface area contributed by atoms with Crippen LogP contribution in [-0.2, 0) is 9.53 Å². The first-order valence-corrected chi connectivity index (χ1v) is 5.79. The molecule has 0 aliphatic rings. The largest absolute Gasteiger partial charge is 0.465 e. The van der Waals surface area contributed by atoms with Crippen molar-refractivity contribution in [3.05, 3.63) is 16.1 Å². The summed E-state index contributed by atoms with van der Waals surface area (Å²) in [7, 11) is 0. The highest BCUT2D eigenvalue weighted by molar-refractivity contribution is 7.09. The molecule has 1 heterocycles. The molecule has 0 aliphatic carbocycles. The zero-order valence-electron chi connectivity index (χ0n) is 9.07. The Balaban J connectivity index is 2.82. The molecular weight excluding hydrogens is 236 g/mol. The van der Waals surface area contributed by atoms with Gasteiger partial charge in [-0.05, 0) is 13.8 Å². The molecule has 0 amide bonds. The number of aryl methyl sites for hydroxylation is 1. The van der Waals surface area contributed by atoms with Crippen molar-refractivity contribution < 1.29 is 18.3 Å². The van der Waals surface area contributed by atoms with Crippen molar-refractivity contribution in [2.24, 2.45) is 0 Å². The monoisotopic (exact) mass is 249 g/mol. The minimum atomic E-state index is -2.54. The molecule has 0 fully saturated rings. The van der Waals surface area contributed by atoms with Gasteiger partial charge in [0.05, 0.1) is 17.3 Å². The summed E-state index contributed by atoms with van der Waals surface area (Å²) in [5, 5.41) is 2.37. The van der Waals surface area contributed by atoms with Gasteiger partial charge in [-0.2, -0.15) is 0 Å². The number of esters is 1. The van der Waals surface area contributed by atoms with Crippen LogP contribution in [0.3, 0.4) is 0 Å². The molecule has 0 saturated heterocycles. The van der Waals surface area contributed by atoms with Gasteiger partial charge in [0.2, 0.25) is 6.43 Å². The highest BCUT2D eigenvalue weighted by Crippen LogP contribution is 2.25. The molecule has 0 saturated carbocycles. The standard InChI is InChI=1S/C10H13F2NO2S/c1-3-15-10(14)7(4-9(11)12)8-5-16-6(2)13-8/h5,7,9H,3-4H2,1-2H3. The van der Waals surface area contributed by atoms with E-state index in [1.54, 1.807) is 19.2 Å². The van der Waals surface area contributed by atoms with Crippen LogP contribution in [0.25, 0.3) is 0 Å². The molecule has 16 heavy (non-hydrogen) atoms. The van der Waals surface area contributed by atoms with Gasteiger partial charge in [-0.1, -0.05) is 0 Å². The molecule has 1 atom stereocenters. The topological polar surface area (TPSA) is 39.2 Å². The van der Waals surface area contributed by atoms with Crippen LogP contribution < -0.4 is 0 Å². The molecule has 0 aliphatic heterocycles. The Morgan fingerprint density at radius 3 is 2.75 bits per heavy atom. The molecule has 3 nitrogen and oxygen atoms in total. The molecule has 0 radical (unpaired) electrons. The van der Waals surface area contributed by atoms with Gasteiger partial charge in [-0.25, -0.2) is 13.8 Å². The van der Waals surface area contributed by atoms with Crippen molar-refractivity contribution in [3.63, 3.8) is 0 Å². The summed E-state index contributed by atoms with van der Waals surface area (Å²) in [6, 6.07) is 0. The maximum atomic E-state index is 12.3. The number of rotatable bonds is 5. The number of hydrogen-bond donors (Lipinski definition) is 0. The second-order valence-electron chi connectivity index (χ2n) is 3.22. The van der Waals surface area contributed by atoms with Crippen LogP contribution in [0, 0.1) is 6.92 Å². The highest BCUT2D eigenvalue weighted by atomic mass is 32.1. The first-order valence-electron chi connectivity index (χ1n) is 4.91. The van der Waals surface area contributed by atoms with Gasteiger partial charge in [-0.15, -0.1) is 11.3 Å². The molecule has 1 aromatic rings. The van der Waals surface area contributed by atoms with Crippen LogP contribution in [0.2, 0.25) is 0 Å². The van der Waals surface area contributed by atoms with E-state index in [9.17, 15) is 13.6 Å². The maximum absolute atomic E-state index is 12.3. The minimum absolute atomic E-state index is 0.182. The summed E-state index contributed by atoms with van der Waals surface area (Å²) in [6.07, 6.45) is -3.08. The summed E-state index contributed by atoms with van der Waals surface area (Å²) < 4.78 is 29.5. The fraction of sp³-hybridized carbons (Fsp3) is 0.600. The van der Waals surface area contributed by atoms with E-state index in [1.165, 1.54) is 11.3 Å². The molecule has 90 valence electrons. The van der Waals surface area contributed by atoms with Crippen LogP contribution in [-0.4, -0.2) is 24.0 Å². The fourth-order valence-corrected chi connectivity index (χ4v) is 1.97. The molecule has 0 aromatic carbocycles. The molecule has 1 rings (SSSR count). The van der Waals surface area contributed by atoms with E-state index in [2.05, 4.69) is 4.98 Å². The van der Waals surface area contributed by atoms with E-state index >= 15 is 0 Å². The lowest BCUT2D eigenvalue weighted by atomic mass is 10.0. The van der Waals surface area contributed by atoms with Crippen molar-refractivity contribution in [3.8, 4) is 0 Å². The Morgan fingerprint density at radius 2 is 2.31 bits per heavy atom. The van der Waals surface area contributed by atoms with Crippen LogP contribution >= 0.6 is 11.3 Å². The number of carbonyl (C=O) groups is 1. The van der Waals surface area contributed by atoms with E-state index in [0.29, 0.717) is 5.69 Å². The molecule has 6 heteroatoms. The minimum Gasteiger partial charge on any atom is -0.465 e. The molecule has 0 bridgehead atoms. The predicted molar refractivity (Wildman–Crippen MR) is 56.8 cm³/mol. The fourth-order valence-electron chi connectivity index (χ4n) is 1.30. The maximum Gasteiger partial charge on any atom is 0.315 e. The highest BCUT2D eigenvalue weighted by Gasteiger charge is 2.27.